The molecule has 10 heteroatoms. The zero-order chi connectivity index (χ0) is 13.4. The number of rotatable bonds is 8. The van der Waals surface area contributed by atoms with Gasteiger partial charge in [0.05, 0.1) is 0 Å². The van der Waals surface area contributed by atoms with Gasteiger partial charge in [-0.15, -0.1) is 11.3 Å². The third-order valence-electron chi connectivity index (χ3n) is 1.72. The molecule has 0 spiro atoms. The van der Waals surface area contributed by atoms with Crippen LogP contribution < -0.4 is 10.6 Å². The second-order valence-corrected chi connectivity index (χ2v) is 7.50. The van der Waals surface area contributed by atoms with E-state index in [1.54, 1.807) is 11.6 Å². The molecule has 0 aliphatic rings. The highest BCUT2D eigenvalue weighted by Crippen LogP contribution is 2.10. The molecule has 0 aliphatic carbocycles. The topological polar surface area (TPSA) is 108 Å². The Balaban J connectivity index is 2.02. The summed E-state index contributed by atoms with van der Waals surface area (Å²) in [7, 11) is -3.52. The number of hydrogen-bond acceptors (Lipinski definition) is 7. The molecule has 0 atom stereocenters. The van der Waals surface area contributed by atoms with E-state index in [2.05, 4.69) is 15.6 Å². The Hall–Kier alpha value is -0.680. The number of nitrogens with zero attached hydrogens (tertiary/aromatic N) is 1. The van der Waals surface area contributed by atoms with Crippen LogP contribution in [0.25, 0.3) is 0 Å². The highest BCUT2D eigenvalue weighted by Gasteiger charge is 2.05. The van der Waals surface area contributed by atoms with Gasteiger partial charge in [0.15, 0.2) is 5.13 Å². The smallest absolute Gasteiger partial charge is 0.315 e. The van der Waals surface area contributed by atoms with Crippen LogP contribution in [0.15, 0.2) is 11.6 Å². The average Bonchev–Trinajstić information content (AvgIpc) is 2.74. The quantitative estimate of drug-likeness (QED) is 0.366. The number of carbonyl (C=O) groups excluding carboxylic acids is 1. The van der Waals surface area contributed by atoms with Gasteiger partial charge in [0.2, 0.25) is 5.91 Å². The van der Waals surface area contributed by atoms with Crippen LogP contribution in [0.1, 0.15) is 6.42 Å². The molecule has 1 aromatic rings. The molecular weight excluding hydrogens is 298 g/mol. The minimum atomic E-state index is -3.97. The number of amides is 1. The van der Waals surface area contributed by atoms with Gasteiger partial charge in [-0.25, -0.2) is 4.98 Å². The van der Waals surface area contributed by atoms with Gasteiger partial charge in [-0.2, -0.15) is 8.42 Å². The van der Waals surface area contributed by atoms with Crippen molar-refractivity contribution in [3.8, 4) is 0 Å². The van der Waals surface area contributed by atoms with Crippen LogP contribution in [0.3, 0.4) is 0 Å². The lowest BCUT2D eigenvalue weighted by Gasteiger charge is -2.03. The van der Waals surface area contributed by atoms with Crippen LogP contribution in [0.2, 0.25) is 0 Å². The summed E-state index contributed by atoms with van der Waals surface area (Å²) in [6.07, 6.45) is 1.88. The van der Waals surface area contributed by atoms with Crippen molar-refractivity contribution in [2.24, 2.45) is 0 Å². The molecule has 1 heterocycles. The summed E-state index contributed by atoms with van der Waals surface area (Å²) in [6.45, 7) is 0.832. The van der Waals surface area contributed by atoms with E-state index < -0.39 is 9.15 Å². The largest absolute Gasteiger partial charge is 0.319 e. The maximum absolute atomic E-state index is 11.4. The molecule has 0 unspecified atom stereocenters. The predicted molar refractivity (Wildman–Crippen MR) is 72.2 cm³/mol. The molecule has 102 valence electrons. The molecule has 0 saturated carbocycles. The first-order chi connectivity index (χ1) is 8.47. The minimum Gasteiger partial charge on any atom is -0.315 e. The lowest BCUT2D eigenvalue weighted by Crippen LogP contribution is -2.23. The SMILES string of the molecule is O=C(CCNCCSS(=O)(=O)O)Nc1nccs1. The van der Waals surface area contributed by atoms with Gasteiger partial charge in [-0.05, 0) is 10.8 Å². The molecule has 0 fully saturated rings. The second-order valence-electron chi connectivity index (χ2n) is 3.14. The standard InChI is InChI=1S/C8H13N3O4S3/c12-7(11-8-10-4-5-16-8)1-2-9-3-6-17-18(13,14)15/h4-5,9H,1-3,6H2,(H,10,11,12)(H,13,14,15). The first-order valence-electron chi connectivity index (χ1n) is 4.99. The average molecular weight is 311 g/mol. The number of nitrogens with one attached hydrogen (secondary N) is 2. The fraction of sp³-hybridized carbons (Fsp3) is 0.500. The molecule has 0 saturated heterocycles. The molecule has 0 aromatic carbocycles. The van der Waals surface area contributed by atoms with E-state index >= 15 is 0 Å². The summed E-state index contributed by atoms with van der Waals surface area (Å²) in [6, 6.07) is 0. The van der Waals surface area contributed by atoms with Gasteiger partial charge >= 0.3 is 9.15 Å². The fourth-order valence-corrected chi connectivity index (χ4v) is 2.88. The molecule has 1 amide bonds. The fourth-order valence-electron chi connectivity index (χ4n) is 1.01. The number of hydrogen-bond donors (Lipinski definition) is 3. The number of thiazole rings is 1. The van der Waals surface area contributed by atoms with Crippen LogP contribution >= 0.6 is 22.1 Å². The summed E-state index contributed by atoms with van der Waals surface area (Å²) in [5.74, 6) is 0.0762. The maximum Gasteiger partial charge on any atom is 0.319 e. The van der Waals surface area contributed by atoms with Crippen molar-refractivity contribution < 1.29 is 17.8 Å². The van der Waals surface area contributed by atoms with E-state index in [1.807, 2.05) is 0 Å². The van der Waals surface area contributed by atoms with Crippen molar-refractivity contribution in [2.45, 2.75) is 6.42 Å². The van der Waals surface area contributed by atoms with Crippen molar-refractivity contribution in [1.29, 1.82) is 0 Å². The molecule has 18 heavy (non-hydrogen) atoms. The van der Waals surface area contributed by atoms with Crippen LogP contribution in [-0.4, -0.2) is 42.7 Å². The lowest BCUT2D eigenvalue weighted by molar-refractivity contribution is -0.116. The highest BCUT2D eigenvalue weighted by molar-refractivity contribution is 8.69. The van der Waals surface area contributed by atoms with Crippen LogP contribution in [0.4, 0.5) is 5.13 Å². The number of carbonyl (C=O) groups is 1. The molecule has 0 radical (unpaired) electrons. The zero-order valence-electron chi connectivity index (χ0n) is 9.33. The van der Waals surface area contributed by atoms with Gasteiger partial charge in [-0.1, -0.05) is 0 Å². The third kappa shape index (κ3) is 7.61. The van der Waals surface area contributed by atoms with Crippen molar-refractivity contribution in [1.82, 2.24) is 10.3 Å². The Morgan fingerprint density at radius 3 is 2.89 bits per heavy atom. The Labute approximate surface area is 113 Å². The first-order valence-corrected chi connectivity index (χ1v) is 8.81. The van der Waals surface area contributed by atoms with E-state index in [1.165, 1.54) is 11.3 Å². The highest BCUT2D eigenvalue weighted by atomic mass is 33.1. The molecule has 7 nitrogen and oxygen atoms in total. The van der Waals surface area contributed by atoms with Crippen molar-refractivity contribution >= 4 is 42.3 Å². The monoisotopic (exact) mass is 311 g/mol. The first kappa shape index (κ1) is 15.4. The Morgan fingerprint density at radius 1 is 1.50 bits per heavy atom. The molecular formula is C8H13N3O4S3. The van der Waals surface area contributed by atoms with Gasteiger partial charge in [0, 0.05) is 36.8 Å². The van der Waals surface area contributed by atoms with Crippen molar-refractivity contribution in [3.05, 3.63) is 11.6 Å². The lowest BCUT2D eigenvalue weighted by atomic mass is 10.4. The van der Waals surface area contributed by atoms with Gasteiger partial charge in [0.1, 0.15) is 0 Å². The Morgan fingerprint density at radius 2 is 2.28 bits per heavy atom. The van der Waals surface area contributed by atoms with Crippen molar-refractivity contribution in [2.75, 3.05) is 24.2 Å². The molecule has 0 aliphatic heterocycles. The molecule has 0 bridgehead atoms. The summed E-state index contributed by atoms with van der Waals surface area (Å²) < 4.78 is 29.2. The molecule has 1 rings (SSSR count). The normalized spacial score (nSPS) is 11.4. The number of anilines is 1. The van der Waals surface area contributed by atoms with Crippen LogP contribution in [-0.2, 0) is 13.9 Å². The predicted octanol–water partition coefficient (Wildman–Crippen LogP) is 0.597. The number of aromatic nitrogens is 1. The van der Waals surface area contributed by atoms with Gasteiger partial charge in [-0.3, -0.25) is 9.35 Å². The van der Waals surface area contributed by atoms with Gasteiger partial charge in [0.25, 0.3) is 0 Å². The Kier molecular flexibility index (Phi) is 6.57. The van der Waals surface area contributed by atoms with E-state index in [-0.39, 0.29) is 18.1 Å². The van der Waals surface area contributed by atoms with Crippen molar-refractivity contribution in [3.63, 3.8) is 0 Å². The van der Waals surface area contributed by atoms with Crippen LogP contribution in [0, 0.1) is 0 Å². The summed E-state index contributed by atoms with van der Waals surface area (Å²) in [5.41, 5.74) is 0. The maximum atomic E-state index is 11.4. The minimum absolute atomic E-state index is 0.153. The molecule has 1 aromatic heterocycles. The second kappa shape index (κ2) is 7.69. The van der Waals surface area contributed by atoms with Gasteiger partial charge < -0.3 is 10.6 Å². The Bertz CT molecular complexity index is 460. The van der Waals surface area contributed by atoms with E-state index in [0.29, 0.717) is 29.0 Å². The van der Waals surface area contributed by atoms with E-state index in [9.17, 15) is 13.2 Å². The zero-order valence-corrected chi connectivity index (χ0v) is 11.8. The third-order valence-corrected chi connectivity index (χ3v) is 4.47. The van der Waals surface area contributed by atoms with Crippen LogP contribution in [0.5, 0.6) is 0 Å². The summed E-state index contributed by atoms with van der Waals surface area (Å²) >= 11 is 1.34. The molecule has 3 N–H and O–H groups in total. The van der Waals surface area contributed by atoms with E-state index in [0.717, 1.165) is 0 Å². The summed E-state index contributed by atoms with van der Waals surface area (Å²) in [4.78, 5) is 15.3. The summed E-state index contributed by atoms with van der Waals surface area (Å²) in [5, 5.41) is 7.84. The van der Waals surface area contributed by atoms with E-state index in [4.69, 9.17) is 4.55 Å².